The van der Waals surface area contributed by atoms with E-state index in [-0.39, 0.29) is 60.2 Å². The quantitative estimate of drug-likeness (QED) is 0.0729. The summed E-state index contributed by atoms with van der Waals surface area (Å²) in [6.07, 6.45) is -0.193. The summed E-state index contributed by atoms with van der Waals surface area (Å²) in [6, 6.07) is 7.85. The standard InChI is InChI=1S/C24H31Cl2N5O7/c25-17-10-14(4-5-20(35)15-2-1-3-16(34)12-15)11-18(26)21(17)22(36)29-19(23(37)38)13-28-24(30-27)31(6-8-32)7-9-33/h1-3,10-12,19-20,32-35H,4-9,13,27H2,(H,28,30)(H,29,36)(H,37,38)/t19-,20?/m0/s1. The fourth-order valence-corrected chi connectivity index (χ4v) is 4.32. The van der Waals surface area contributed by atoms with E-state index < -0.39 is 24.0 Å². The fraction of sp³-hybridized carbons (Fsp3) is 0.375. The topological polar surface area (TPSA) is 201 Å². The molecule has 38 heavy (non-hydrogen) atoms. The summed E-state index contributed by atoms with van der Waals surface area (Å²) in [5.74, 6) is 3.22. The normalized spacial score (nSPS) is 13.0. The molecule has 0 fully saturated rings. The molecule has 0 saturated heterocycles. The van der Waals surface area contributed by atoms with E-state index in [0.29, 0.717) is 24.0 Å². The molecule has 0 aliphatic rings. The number of nitrogens with two attached hydrogens (primary N) is 1. The summed E-state index contributed by atoms with van der Waals surface area (Å²) in [4.78, 5) is 26.1. The maximum absolute atomic E-state index is 12.9. The number of carboxylic acid groups (broad SMARTS) is 1. The van der Waals surface area contributed by atoms with Gasteiger partial charge in [-0.3, -0.25) is 4.79 Å². The van der Waals surface area contributed by atoms with Gasteiger partial charge in [-0.2, -0.15) is 0 Å². The summed E-state index contributed by atoms with van der Waals surface area (Å²) in [6.45, 7) is -0.694. The Morgan fingerprint density at radius 2 is 1.71 bits per heavy atom. The monoisotopic (exact) mass is 571 g/mol. The minimum atomic E-state index is -1.44. The number of aliphatic carboxylic acids is 1. The summed E-state index contributed by atoms with van der Waals surface area (Å²) in [5.41, 5.74) is 1.07. The van der Waals surface area contributed by atoms with Crippen LogP contribution in [0.1, 0.15) is 34.0 Å². The third-order valence-corrected chi connectivity index (χ3v) is 6.12. The number of carbonyl (C=O) groups excluding carboxylic acids is 1. The highest BCUT2D eigenvalue weighted by Gasteiger charge is 2.25. The van der Waals surface area contributed by atoms with Crippen LogP contribution in [-0.4, -0.2) is 87.2 Å². The molecule has 0 aromatic heterocycles. The third kappa shape index (κ3) is 8.92. The van der Waals surface area contributed by atoms with Crippen molar-refractivity contribution in [3.05, 3.63) is 63.1 Å². The van der Waals surface area contributed by atoms with Crippen molar-refractivity contribution in [1.82, 2.24) is 15.5 Å². The molecule has 2 aromatic rings. The van der Waals surface area contributed by atoms with Gasteiger partial charge in [-0.05, 0) is 48.2 Å². The van der Waals surface area contributed by atoms with Gasteiger partial charge in [0.15, 0.2) is 0 Å². The highest BCUT2D eigenvalue weighted by Crippen LogP contribution is 2.29. The van der Waals surface area contributed by atoms with Crippen LogP contribution in [0.2, 0.25) is 10.0 Å². The van der Waals surface area contributed by atoms with Gasteiger partial charge in [0.1, 0.15) is 11.8 Å². The lowest BCUT2D eigenvalue weighted by Gasteiger charge is -2.26. The van der Waals surface area contributed by atoms with Gasteiger partial charge in [0.05, 0.1) is 34.9 Å². The van der Waals surface area contributed by atoms with Gasteiger partial charge in [0, 0.05) is 19.6 Å². The summed E-state index contributed by atoms with van der Waals surface area (Å²) in [7, 11) is 0. The van der Waals surface area contributed by atoms with E-state index in [1.165, 1.54) is 29.2 Å². The molecule has 0 heterocycles. The van der Waals surface area contributed by atoms with Crippen LogP contribution >= 0.6 is 23.2 Å². The number of aromatic hydroxyl groups is 1. The molecule has 0 aliphatic heterocycles. The molecule has 12 nitrogen and oxygen atoms in total. The summed E-state index contributed by atoms with van der Waals surface area (Å²) in [5, 5.41) is 56.4. The van der Waals surface area contributed by atoms with E-state index in [2.05, 4.69) is 15.7 Å². The average Bonchev–Trinajstić information content (AvgIpc) is 2.86. The molecule has 14 heteroatoms. The van der Waals surface area contributed by atoms with E-state index in [4.69, 9.17) is 39.3 Å². The Kier molecular flexibility index (Phi) is 12.4. The van der Waals surface area contributed by atoms with Crippen molar-refractivity contribution < 1.29 is 35.1 Å². The molecule has 2 rings (SSSR count). The van der Waals surface area contributed by atoms with E-state index in [0.717, 1.165) is 0 Å². The van der Waals surface area contributed by atoms with Crippen molar-refractivity contribution in [3.8, 4) is 5.75 Å². The number of carboxylic acids is 1. The van der Waals surface area contributed by atoms with Gasteiger partial charge in [0.25, 0.3) is 5.91 Å². The zero-order valence-corrected chi connectivity index (χ0v) is 21.9. The molecule has 0 radical (unpaired) electrons. The zero-order valence-electron chi connectivity index (χ0n) is 20.3. The smallest absolute Gasteiger partial charge is 0.328 e. The number of hydrogen-bond donors (Lipinski definition) is 8. The Bertz CT molecular complexity index is 1110. The number of nitrogens with one attached hydrogen (secondary N) is 2. The maximum Gasteiger partial charge on any atom is 0.328 e. The summed E-state index contributed by atoms with van der Waals surface area (Å²) < 4.78 is 0. The minimum absolute atomic E-state index is 0.00443. The number of phenolic OH excluding ortho intramolecular Hbond substituents is 1. The first-order chi connectivity index (χ1) is 18.1. The lowest BCUT2D eigenvalue weighted by molar-refractivity contribution is -0.139. The number of nitrogens with zero attached hydrogens (tertiary/aromatic N) is 2. The third-order valence-electron chi connectivity index (χ3n) is 5.52. The molecule has 1 amide bonds. The predicted molar refractivity (Wildman–Crippen MR) is 142 cm³/mol. The molecule has 0 bridgehead atoms. The number of amides is 1. The number of hydrazone groups is 1. The van der Waals surface area contributed by atoms with Crippen LogP contribution in [0, 0.1) is 0 Å². The number of halogens is 2. The van der Waals surface area contributed by atoms with Crippen LogP contribution in [0.3, 0.4) is 0 Å². The van der Waals surface area contributed by atoms with Gasteiger partial charge in [-0.25, -0.2) is 4.79 Å². The molecule has 0 aliphatic carbocycles. The zero-order chi connectivity index (χ0) is 28.2. The van der Waals surface area contributed by atoms with Crippen LogP contribution in [0.4, 0.5) is 0 Å². The SMILES string of the molecule is N/N=C(/NC[C@H](NC(=O)c1c(Cl)cc(CCC(O)c2cccc(O)c2)cc1Cl)C(=O)O)N(CCO)CCO. The summed E-state index contributed by atoms with van der Waals surface area (Å²) >= 11 is 12.6. The number of phenols is 1. The average molecular weight is 572 g/mol. The first kappa shape index (κ1) is 30.9. The molecule has 1 unspecified atom stereocenters. The number of rotatable bonds is 13. The van der Waals surface area contributed by atoms with Crippen LogP contribution in [0.15, 0.2) is 41.5 Å². The number of hydrogen-bond acceptors (Lipinski definition) is 8. The van der Waals surface area contributed by atoms with Crippen molar-refractivity contribution in [2.24, 2.45) is 10.9 Å². The lowest BCUT2D eigenvalue weighted by atomic mass is 10.00. The molecule has 9 N–H and O–H groups in total. The van der Waals surface area contributed by atoms with E-state index in [1.54, 1.807) is 12.1 Å². The number of aliphatic hydroxyl groups excluding tert-OH is 3. The second-order valence-corrected chi connectivity index (χ2v) is 9.03. The highest BCUT2D eigenvalue weighted by molar-refractivity contribution is 6.39. The van der Waals surface area contributed by atoms with Crippen LogP contribution < -0.4 is 16.5 Å². The molecular weight excluding hydrogens is 541 g/mol. The molecule has 0 saturated carbocycles. The van der Waals surface area contributed by atoms with Gasteiger partial charge >= 0.3 is 5.97 Å². The van der Waals surface area contributed by atoms with Crippen molar-refractivity contribution in [3.63, 3.8) is 0 Å². The van der Waals surface area contributed by atoms with E-state index >= 15 is 0 Å². The second-order valence-electron chi connectivity index (χ2n) is 8.22. The Balaban J connectivity index is 2.08. The number of aryl methyl sites for hydroxylation is 1. The van der Waals surface area contributed by atoms with E-state index in [1.807, 2.05) is 0 Å². The van der Waals surface area contributed by atoms with Crippen molar-refractivity contribution in [2.75, 3.05) is 32.8 Å². The number of benzene rings is 2. The van der Waals surface area contributed by atoms with E-state index in [9.17, 15) is 24.9 Å². The Labute approximate surface area is 229 Å². The number of carbonyl (C=O) groups is 2. The lowest BCUT2D eigenvalue weighted by Crippen LogP contribution is -2.52. The van der Waals surface area contributed by atoms with Crippen molar-refractivity contribution in [1.29, 1.82) is 0 Å². The first-order valence-electron chi connectivity index (χ1n) is 11.6. The molecule has 208 valence electrons. The van der Waals surface area contributed by atoms with Crippen LogP contribution in [-0.2, 0) is 11.2 Å². The Morgan fingerprint density at radius 3 is 2.24 bits per heavy atom. The van der Waals surface area contributed by atoms with Crippen LogP contribution in [0.25, 0.3) is 0 Å². The van der Waals surface area contributed by atoms with Gasteiger partial charge in [0.2, 0.25) is 5.96 Å². The first-order valence-corrected chi connectivity index (χ1v) is 12.3. The Hall–Kier alpha value is -3.29. The van der Waals surface area contributed by atoms with Crippen molar-refractivity contribution in [2.45, 2.75) is 25.0 Å². The fourth-order valence-electron chi connectivity index (χ4n) is 3.62. The minimum Gasteiger partial charge on any atom is -0.508 e. The molecular formula is C24H31Cl2N5O7. The largest absolute Gasteiger partial charge is 0.508 e. The Morgan fingerprint density at radius 1 is 1.08 bits per heavy atom. The van der Waals surface area contributed by atoms with Gasteiger partial charge < -0.3 is 46.9 Å². The van der Waals surface area contributed by atoms with Gasteiger partial charge in [-0.1, -0.05) is 35.3 Å². The molecule has 0 spiro atoms. The van der Waals surface area contributed by atoms with Gasteiger partial charge in [-0.15, -0.1) is 5.10 Å². The second kappa shape index (κ2) is 15.2. The van der Waals surface area contributed by atoms with Crippen molar-refractivity contribution >= 4 is 41.0 Å². The highest BCUT2D eigenvalue weighted by atomic mass is 35.5. The maximum atomic E-state index is 12.9. The molecule has 2 atom stereocenters. The molecule has 2 aromatic carbocycles. The van der Waals surface area contributed by atoms with Crippen LogP contribution in [0.5, 0.6) is 5.75 Å². The number of aliphatic hydroxyl groups is 3. The number of guanidine groups is 1. The predicted octanol–water partition coefficient (Wildman–Crippen LogP) is 0.654.